The number of carbonyl (C=O) groups is 2. The van der Waals surface area contributed by atoms with Gasteiger partial charge in [-0.25, -0.2) is 0 Å². The summed E-state index contributed by atoms with van der Waals surface area (Å²) in [4.78, 5) is 49.7. The van der Waals surface area contributed by atoms with Crippen molar-refractivity contribution in [2.75, 3.05) is 13.7 Å². The Labute approximate surface area is 341 Å². The average Bonchev–Trinajstić information content (AvgIpc) is 3.79. The Kier molecular flexibility index (Phi) is 12.0. The lowest BCUT2D eigenvalue weighted by Gasteiger charge is -2.43. The second kappa shape index (κ2) is 17.1. The number of ether oxygens (including phenoxy) is 3. The van der Waals surface area contributed by atoms with Crippen LogP contribution in [0.2, 0.25) is 0 Å². The second-order valence-electron chi connectivity index (χ2n) is 14.7. The van der Waals surface area contributed by atoms with Gasteiger partial charge in [-0.3, -0.25) is 19.9 Å². The van der Waals surface area contributed by atoms with Crippen molar-refractivity contribution < 1.29 is 73.9 Å². The fourth-order valence-corrected chi connectivity index (χ4v) is 7.65. The number of carboxylic acid groups (broad SMARTS) is 1. The van der Waals surface area contributed by atoms with Crippen LogP contribution < -0.4 is 25.7 Å². The largest absolute Gasteiger partial charge is 0.549 e. The van der Waals surface area contributed by atoms with E-state index < -0.39 is 85.1 Å². The number of esters is 1. The summed E-state index contributed by atoms with van der Waals surface area (Å²) in [6.45, 7) is 3.12. The molecule has 1 aromatic heterocycles. The number of aliphatic hydroxyl groups is 5. The Bertz CT molecular complexity index is 2410. The molecule has 4 aromatic rings. The number of aliphatic imine (C=N–C) groups is 1. The molecule has 3 aliphatic rings. The highest BCUT2D eigenvalue weighted by atomic mass is 16.8. The topological polar surface area (TPSA) is 275 Å². The van der Waals surface area contributed by atoms with Gasteiger partial charge in [0.05, 0.1) is 22.5 Å². The number of carbonyl (C=O) groups excluding carboxylic acids is 2. The maximum atomic E-state index is 13.5. The number of aromatic hydroxyl groups is 1. The number of aliphatic carboxylic acids is 1. The van der Waals surface area contributed by atoms with Gasteiger partial charge < -0.3 is 59.2 Å². The number of fused-ring (bicyclic) bond motifs is 2. The van der Waals surface area contributed by atoms with Crippen molar-refractivity contribution in [3.8, 4) is 22.6 Å². The van der Waals surface area contributed by atoms with Crippen LogP contribution in [0.15, 0.2) is 105 Å². The number of rotatable bonds is 14. The van der Waals surface area contributed by atoms with E-state index in [1.165, 1.54) is 36.6 Å². The lowest BCUT2D eigenvalue weighted by molar-refractivity contribution is -1.07. The SMILES string of the molecule is CNC(O)(CCO)C(C(=O)[O-])C(=O)OC(O)C1OC(Oc2ccc3c(=O)c(-c4ccc(O)cc4)coc3c2)C(O[NH+]2C=C3C=CN=C3C2c2cc(C)cc(C)c2)C(O)C1O. The first kappa shape index (κ1) is 42.3. The molecule has 0 aliphatic carbocycles. The third kappa shape index (κ3) is 8.20. The summed E-state index contributed by atoms with van der Waals surface area (Å²) in [5.41, 5.74) is 1.99. The van der Waals surface area contributed by atoms with E-state index in [1.807, 2.05) is 32.0 Å². The van der Waals surface area contributed by atoms with Crippen molar-refractivity contribution in [2.24, 2.45) is 10.9 Å². The van der Waals surface area contributed by atoms with E-state index in [2.05, 4.69) is 10.3 Å². The Balaban J connectivity index is 1.22. The van der Waals surface area contributed by atoms with E-state index in [1.54, 1.807) is 30.6 Å². The van der Waals surface area contributed by atoms with Gasteiger partial charge in [-0.05, 0) is 68.9 Å². The minimum absolute atomic E-state index is 0.000347. The average molecular weight is 830 g/mol. The van der Waals surface area contributed by atoms with Crippen LogP contribution >= 0.6 is 0 Å². The number of benzene rings is 3. The molecular formula is C42H43N3O15. The molecule has 3 aliphatic heterocycles. The molecule has 7 rings (SSSR count). The van der Waals surface area contributed by atoms with Crippen molar-refractivity contribution in [3.05, 3.63) is 118 Å². The fraction of sp³-hybridized carbons (Fsp3) is 0.333. The van der Waals surface area contributed by atoms with E-state index in [0.29, 0.717) is 16.3 Å². The fourth-order valence-electron chi connectivity index (χ4n) is 7.65. The molecule has 3 aromatic carbocycles. The van der Waals surface area contributed by atoms with Crippen LogP contribution in [0.4, 0.5) is 0 Å². The number of hydrogen-bond donors (Lipinski definition) is 8. The molecule has 8 N–H and O–H groups in total. The van der Waals surface area contributed by atoms with Gasteiger partial charge in [-0.2, -0.15) is 9.90 Å². The summed E-state index contributed by atoms with van der Waals surface area (Å²) in [5, 5.41) is 78.9. The van der Waals surface area contributed by atoms with Crippen molar-refractivity contribution in [2.45, 2.75) is 69.0 Å². The number of aryl methyl sites for hydroxylation is 2. The van der Waals surface area contributed by atoms with Gasteiger partial charge in [0, 0.05) is 30.9 Å². The summed E-state index contributed by atoms with van der Waals surface area (Å²) in [6.07, 6.45) is -6.09. The Hall–Kier alpha value is -5.80. The third-order valence-corrected chi connectivity index (χ3v) is 10.6. The van der Waals surface area contributed by atoms with E-state index in [-0.39, 0.29) is 28.0 Å². The number of nitrogens with one attached hydrogen (secondary N) is 2. The smallest absolute Gasteiger partial charge is 0.321 e. The van der Waals surface area contributed by atoms with E-state index in [9.17, 15) is 50.1 Å². The number of quaternary nitrogens is 1. The first-order valence-corrected chi connectivity index (χ1v) is 18.8. The lowest BCUT2D eigenvalue weighted by Crippen LogP contribution is -3.07. The predicted molar refractivity (Wildman–Crippen MR) is 206 cm³/mol. The van der Waals surface area contributed by atoms with Gasteiger partial charge in [-0.15, -0.1) is 0 Å². The van der Waals surface area contributed by atoms with Crippen molar-refractivity contribution >= 4 is 28.6 Å². The van der Waals surface area contributed by atoms with E-state index in [0.717, 1.165) is 29.3 Å². The zero-order valence-corrected chi connectivity index (χ0v) is 32.4. The Morgan fingerprint density at radius 1 is 1.05 bits per heavy atom. The van der Waals surface area contributed by atoms with E-state index in [4.69, 9.17) is 23.5 Å². The molecule has 10 atom stereocenters. The Morgan fingerprint density at radius 3 is 2.43 bits per heavy atom. The van der Waals surface area contributed by atoms with Crippen molar-refractivity contribution in [1.29, 1.82) is 0 Å². The Morgan fingerprint density at radius 2 is 1.77 bits per heavy atom. The van der Waals surface area contributed by atoms with E-state index >= 15 is 0 Å². The molecule has 1 saturated heterocycles. The molecule has 4 heterocycles. The number of hydroxylamine groups is 2. The van der Waals surface area contributed by atoms with Crippen LogP contribution in [0, 0.1) is 19.8 Å². The number of aliphatic hydroxyl groups excluding tert-OH is 4. The normalized spacial score (nSPS) is 25.5. The summed E-state index contributed by atoms with van der Waals surface area (Å²) in [7, 11) is 1.12. The molecule has 18 nitrogen and oxygen atoms in total. The summed E-state index contributed by atoms with van der Waals surface area (Å²) in [5.74, 6) is -6.30. The lowest BCUT2D eigenvalue weighted by atomic mass is 9.92. The monoisotopic (exact) mass is 829 g/mol. The number of phenols is 1. The summed E-state index contributed by atoms with van der Waals surface area (Å²) < 4.78 is 23.0. The number of nitrogens with zero attached hydrogens (tertiary/aromatic N) is 1. The molecule has 18 heteroatoms. The minimum Gasteiger partial charge on any atom is -0.549 e. The zero-order valence-electron chi connectivity index (χ0n) is 32.4. The third-order valence-electron chi connectivity index (χ3n) is 10.6. The van der Waals surface area contributed by atoms with Gasteiger partial charge in [-0.1, -0.05) is 29.3 Å². The number of hydrogen-bond acceptors (Lipinski definition) is 17. The van der Waals surface area contributed by atoms with Crippen LogP contribution in [0.3, 0.4) is 0 Å². The van der Waals surface area contributed by atoms with Gasteiger partial charge in [0.15, 0.2) is 17.6 Å². The molecule has 1 fully saturated rings. The molecule has 60 heavy (non-hydrogen) atoms. The first-order valence-electron chi connectivity index (χ1n) is 18.8. The molecule has 10 unspecified atom stereocenters. The predicted octanol–water partition coefficient (Wildman–Crippen LogP) is -1.08. The van der Waals surface area contributed by atoms with Gasteiger partial charge in [0.1, 0.15) is 59.1 Å². The van der Waals surface area contributed by atoms with Crippen molar-refractivity contribution in [3.63, 3.8) is 0 Å². The van der Waals surface area contributed by atoms with Crippen LogP contribution in [0.1, 0.15) is 29.2 Å². The highest BCUT2D eigenvalue weighted by Crippen LogP contribution is 2.33. The number of carboxylic acids is 1. The number of allylic oxidation sites excluding steroid dienone is 1. The molecule has 0 bridgehead atoms. The standard InChI is InChI=1S/C42H43N3O15/c1-20-14-21(2)16-24(15-20)32-31-23(10-12-44-31)18-45(32)60-37-35(50)34(49)36(40(54)59-39(53)30(38(51)52)42(55,43-3)11-13-46)58-41(37)57-26-8-9-27-29(17-26)56-19-28(33(27)48)22-4-6-25(47)7-5-22/h4-10,12,14-19,30,32,34-37,40-41,43,46-47,49-50,54-55H,11,13H2,1-3H3,(H,51,52). The molecular weight excluding hydrogens is 786 g/mol. The maximum Gasteiger partial charge on any atom is 0.321 e. The summed E-state index contributed by atoms with van der Waals surface area (Å²) in [6, 6.07) is 15.5. The van der Waals surface area contributed by atoms with Gasteiger partial charge >= 0.3 is 5.97 Å². The van der Waals surface area contributed by atoms with Crippen LogP contribution in [0.25, 0.3) is 22.1 Å². The summed E-state index contributed by atoms with van der Waals surface area (Å²) >= 11 is 0. The van der Waals surface area contributed by atoms with Crippen LogP contribution in [-0.4, -0.2) is 105 Å². The highest BCUT2D eigenvalue weighted by Gasteiger charge is 2.54. The van der Waals surface area contributed by atoms with Crippen LogP contribution in [-0.2, 0) is 23.9 Å². The first-order chi connectivity index (χ1) is 28.6. The van der Waals surface area contributed by atoms with Gasteiger partial charge in [0.2, 0.25) is 18.7 Å². The highest BCUT2D eigenvalue weighted by molar-refractivity contribution is 6.08. The molecule has 0 saturated carbocycles. The quantitative estimate of drug-likeness (QED) is 0.0427. The number of phenolic OH excluding ortho intramolecular Hbond substituents is 1. The molecule has 316 valence electrons. The second-order valence-corrected chi connectivity index (χ2v) is 14.7. The molecule has 0 spiro atoms. The van der Waals surface area contributed by atoms with Crippen molar-refractivity contribution in [1.82, 2.24) is 5.32 Å². The molecule has 0 radical (unpaired) electrons. The van der Waals surface area contributed by atoms with Gasteiger partial charge in [0.25, 0.3) is 0 Å². The maximum absolute atomic E-state index is 13.5. The van der Waals surface area contributed by atoms with Crippen LogP contribution in [0.5, 0.6) is 11.5 Å². The minimum atomic E-state index is -2.58. The molecule has 0 amide bonds. The zero-order chi connectivity index (χ0) is 43.0.